The standard InChI is InChI=1S/C18H13ClN2O2S/c19-14-9-5-4-8-12(14)17(23)21-18-13(16(20)22)10-15(24-18)11-6-2-1-3-7-11/h1-10H,(H2,20,22)(H,21,23). The third kappa shape index (κ3) is 3.32. The van der Waals surface area contributed by atoms with Crippen LogP contribution in [0.25, 0.3) is 10.4 Å². The van der Waals surface area contributed by atoms with Crippen molar-refractivity contribution in [1.29, 1.82) is 0 Å². The molecule has 3 rings (SSSR count). The lowest BCUT2D eigenvalue weighted by molar-refractivity contribution is 0.100. The number of nitrogens with one attached hydrogen (secondary N) is 1. The second kappa shape index (κ2) is 6.86. The molecule has 6 heteroatoms. The summed E-state index contributed by atoms with van der Waals surface area (Å²) in [5, 5.41) is 3.49. The predicted octanol–water partition coefficient (Wildman–Crippen LogP) is 4.42. The van der Waals surface area contributed by atoms with Gasteiger partial charge >= 0.3 is 0 Å². The Hall–Kier alpha value is -2.63. The van der Waals surface area contributed by atoms with Crippen LogP contribution in [-0.4, -0.2) is 11.8 Å². The molecule has 0 atom stereocenters. The van der Waals surface area contributed by atoms with E-state index in [1.807, 2.05) is 30.3 Å². The van der Waals surface area contributed by atoms with Crippen molar-refractivity contribution in [2.24, 2.45) is 5.73 Å². The molecule has 1 heterocycles. The molecule has 3 aromatic rings. The normalized spacial score (nSPS) is 10.4. The molecule has 120 valence electrons. The zero-order valence-electron chi connectivity index (χ0n) is 12.5. The maximum absolute atomic E-state index is 12.4. The van der Waals surface area contributed by atoms with Crippen LogP contribution in [0.2, 0.25) is 5.02 Å². The summed E-state index contributed by atoms with van der Waals surface area (Å²) in [6.45, 7) is 0. The van der Waals surface area contributed by atoms with Crippen LogP contribution in [0.15, 0.2) is 60.7 Å². The van der Waals surface area contributed by atoms with Crippen molar-refractivity contribution in [3.63, 3.8) is 0 Å². The van der Waals surface area contributed by atoms with Crippen LogP contribution in [0.4, 0.5) is 5.00 Å². The zero-order valence-corrected chi connectivity index (χ0v) is 14.0. The van der Waals surface area contributed by atoms with Gasteiger partial charge in [0.05, 0.1) is 16.1 Å². The number of amides is 2. The molecule has 2 amide bonds. The van der Waals surface area contributed by atoms with Gasteiger partial charge in [-0.1, -0.05) is 54.1 Å². The number of primary amides is 1. The number of hydrogen-bond donors (Lipinski definition) is 2. The first-order chi connectivity index (χ1) is 11.6. The Labute approximate surface area is 147 Å². The summed E-state index contributed by atoms with van der Waals surface area (Å²) in [6, 6.07) is 18.0. The lowest BCUT2D eigenvalue weighted by Gasteiger charge is -2.06. The highest BCUT2D eigenvalue weighted by molar-refractivity contribution is 7.20. The van der Waals surface area contributed by atoms with E-state index in [4.69, 9.17) is 17.3 Å². The summed E-state index contributed by atoms with van der Waals surface area (Å²) < 4.78 is 0. The fourth-order valence-corrected chi connectivity index (χ4v) is 3.51. The lowest BCUT2D eigenvalue weighted by atomic mass is 10.1. The molecular formula is C18H13ClN2O2S. The Morgan fingerprint density at radius 2 is 1.62 bits per heavy atom. The van der Waals surface area contributed by atoms with Crippen molar-refractivity contribution < 1.29 is 9.59 Å². The van der Waals surface area contributed by atoms with E-state index in [1.165, 1.54) is 11.3 Å². The van der Waals surface area contributed by atoms with Gasteiger partial charge in [0.1, 0.15) is 5.00 Å². The average molecular weight is 357 g/mol. The highest BCUT2D eigenvalue weighted by Gasteiger charge is 2.18. The smallest absolute Gasteiger partial charge is 0.257 e. The second-order valence-corrected chi connectivity index (χ2v) is 6.48. The minimum absolute atomic E-state index is 0.277. The highest BCUT2D eigenvalue weighted by atomic mass is 35.5. The minimum atomic E-state index is -0.595. The second-order valence-electron chi connectivity index (χ2n) is 5.02. The molecule has 4 nitrogen and oxygen atoms in total. The van der Waals surface area contributed by atoms with E-state index in [-0.39, 0.29) is 11.5 Å². The van der Waals surface area contributed by atoms with E-state index >= 15 is 0 Å². The van der Waals surface area contributed by atoms with Crippen LogP contribution in [-0.2, 0) is 0 Å². The molecule has 0 saturated heterocycles. The molecule has 0 unspecified atom stereocenters. The Morgan fingerprint density at radius 1 is 0.958 bits per heavy atom. The van der Waals surface area contributed by atoms with Gasteiger partial charge in [0.15, 0.2) is 0 Å². The summed E-state index contributed by atoms with van der Waals surface area (Å²) in [7, 11) is 0. The Balaban J connectivity index is 1.96. The van der Waals surface area contributed by atoms with Gasteiger partial charge in [0.2, 0.25) is 0 Å². The number of benzene rings is 2. The van der Waals surface area contributed by atoms with Crippen molar-refractivity contribution in [3.8, 4) is 10.4 Å². The first-order valence-electron chi connectivity index (χ1n) is 7.11. The number of carbonyl (C=O) groups is 2. The summed E-state index contributed by atoms with van der Waals surface area (Å²) in [5.74, 6) is -0.979. The van der Waals surface area contributed by atoms with Crippen molar-refractivity contribution in [3.05, 3.63) is 76.8 Å². The first-order valence-corrected chi connectivity index (χ1v) is 8.30. The highest BCUT2D eigenvalue weighted by Crippen LogP contribution is 2.35. The van der Waals surface area contributed by atoms with Crippen LogP contribution >= 0.6 is 22.9 Å². The van der Waals surface area contributed by atoms with Gasteiger partial charge in [-0.15, -0.1) is 11.3 Å². The van der Waals surface area contributed by atoms with Gasteiger partial charge in [-0.25, -0.2) is 0 Å². The number of halogens is 1. The minimum Gasteiger partial charge on any atom is -0.366 e. The molecule has 0 aliphatic rings. The Morgan fingerprint density at radius 3 is 2.29 bits per heavy atom. The van der Waals surface area contributed by atoms with E-state index in [0.717, 1.165) is 10.4 Å². The molecule has 2 aromatic carbocycles. The maximum Gasteiger partial charge on any atom is 0.257 e. The molecular weight excluding hydrogens is 344 g/mol. The Kier molecular flexibility index (Phi) is 4.64. The van der Waals surface area contributed by atoms with Gasteiger partial charge in [-0.2, -0.15) is 0 Å². The number of thiophene rings is 1. The van der Waals surface area contributed by atoms with Crippen LogP contribution in [0, 0.1) is 0 Å². The summed E-state index contributed by atoms with van der Waals surface area (Å²) in [6.07, 6.45) is 0. The molecule has 0 spiro atoms. The molecule has 3 N–H and O–H groups in total. The van der Waals surface area contributed by atoms with Crippen LogP contribution in [0.3, 0.4) is 0 Å². The fourth-order valence-electron chi connectivity index (χ4n) is 2.23. The molecule has 0 fully saturated rings. The topological polar surface area (TPSA) is 72.2 Å². The SMILES string of the molecule is NC(=O)c1cc(-c2ccccc2)sc1NC(=O)c1ccccc1Cl. The number of carbonyl (C=O) groups excluding carboxylic acids is 2. The molecule has 0 saturated carbocycles. The van der Waals surface area contributed by atoms with Crippen molar-refractivity contribution in [1.82, 2.24) is 0 Å². The van der Waals surface area contributed by atoms with E-state index in [1.54, 1.807) is 30.3 Å². The monoisotopic (exact) mass is 356 g/mol. The molecule has 0 radical (unpaired) electrons. The fraction of sp³-hybridized carbons (Fsp3) is 0. The zero-order chi connectivity index (χ0) is 17.1. The van der Waals surface area contributed by atoms with Crippen LogP contribution in [0.5, 0.6) is 0 Å². The van der Waals surface area contributed by atoms with E-state index in [0.29, 0.717) is 15.6 Å². The van der Waals surface area contributed by atoms with Gasteiger partial charge in [0, 0.05) is 4.88 Å². The largest absolute Gasteiger partial charge is 0.366 e. The predicted molar refractivity (Wildman–Crippen MR) is 97.7 cm³/mol. The van der Waals surface area contributed by atoms with Gasteiger partial charge < -0.3 is 11.1 Å². The number of rotatable bonds is 4. The quantitative estimate of drug-likeness (QED) is 0.726. The molecule has 1 aromatic heterocycles. The average Bonchev–Trinajstić information content (AvgIpc) is 3.00. The Bertz CT molecular complexity index is 906. The first kappa shape index (κ1) is 16.2. The van der Waals surface area contributed by atoms with E-state index in [2.05, 4.69) is 5.32 Å². The van der Waals surface area contributed by atoms with Gasteiger partial charge in [-0.05, 0) is 23.8 Å². The van der Waals surface area contributed by atoms with Crippen molar-refractivity contribution in [2.45, 2.75) is 0 Å². The van der Waals surface area contributed by atoms with E-state index in [9.17, 15) is 9.59 Å². The molecule has 0 aliphatic heterocycles. The lowest BCUT2D eigenvalue weighted by Crippen LogP contribution is -2.16. The van der Waals surface area contributed by atoms with Crippen LogP contribution in [0.1, 0.15) is 20.7 Å². The van der Waals surface area contributed by atoms with Crippen molar-refractivity contribution >= 4 is 39.8 Å². The third-order valence-corrected chi connectivity index (χ3v) is 4.83. The molecule has 0 bridgehead atoms. The third-order valence-electron chi connectivity index (χ3n) is 3.40. The number of hydrogen-bond acceptors (Lipinski definition) is 3. The maximum atomic E-state index is 12.4. The van der Waals surface area contributed by atoms with Crippen molar-refractivity contribution in [2.75, 3.05) is 5.32 Å². The number of nitrogens with two attached hydrogens (primary N) is 1. The van der Waals surface area contributed by atoms with E-state index < -0.39 is 5.91 Å². The summed E-state index contributed by atoms with van der Waals surface area (Å²) >= 11 is 7.33. The van der Waals surface area contributed by atoms with Gasteiger partial charge in [0.25, 0.3) is 11.8 Å². The summed E-state index contributed by atoms with van der Waals surface area (Å²) in [4.78, 5) is 25.0. The molecule has 24 heavy (non-hydrogen) atoms. The summed E-state index contributed by atoms with van der Waals surface area (Å²) in [5.41, 5.74) is 7.00. The van der Waals surface area contributed by atoms with Gasteiger partial charge in [-0.3, -0.25) is 9.59 Å². The number of anilines is 1. The molecule has 0 aliphatic carbocycles. The van der Waals surface area contributed by atoms with Crippen LogP contribution < -0.4 is 11.1 Å².